The Morgan fingerprint density at radius 2 is 2.20 bits per heavy atom. The van der Waals surface area contributed by atoms with E-state index in [1.165, 1.54) is 6.92 Å². The first-order valence-electron chi connectivity index (χ1n) is 5.06. The monoisotopic (exact) mass is 204 g/mol. The van der Waals surface area contributed by atoms with Gasteiger partial charge < -0.3 is 4.74 Å². The standard InChI is InChI=1S/C13H16O2/c1-4-15-13-7-5-6-12(11(13)3)9-8-10(2)14/h5-9H,4H2,1-3H3/b9-8+. The minimum absolute atomic E-state index is 0.0520. The van der Waals surface area contributed by atoms with Crippen molar-refractivity contribution in [1.82, 2.24) is 0 Å². The summed E-state index contributed by atoms with van der Waals surface area (Å²) in [6.45, 7) is 6.14. The van der Waals surface area contributed by atoms with Crippen molar-refractivity contribution in [1.29, 1.82) is 0 Å². The van der Waals surface area contributed by atoms with Gasteiger partial charge in [0, 0.05) is 0 Å². The van der Waals surface area contributed by atoms with Crippen LogP contribution < -0.4 is 4.74 Å². The normalized spacial score (nSPS) is 10.6. The second-order valence-electron chi connectivity index (χ2n) is 3.35. The predicted molar refractivity (Wildman–Crippen MR) is 62.1 cm³/mol. The van der Waals surface area contributed by atoms with Crippen molar-refractivity contribution in [3.8, 4) is 5.75 Å². The van der Waals surface area contributed by atoms with E-state index in [4.69, 9.17) is 4.74 Å². The third kappa shape index (κ3) is 3.24. The van der Waals surface area contributed by atoms with Gasteiger partial charge in [0.05, 0.1) is 6.61 Å². The number of carbonyl (C=O) groups excluding carboxylic acids is 1. The highest BCUT2D eigenvalue weighted by Crippen LogP contribution is 2.22. The van der Waals surface area contributed by atoms with E-state index >= 15 is 0 Å². The molecule has 0 aliphatic heterocycles. The molecule has 80 valence electrons. The lowest BCUT2D eigenvalue weighted by Gasteiger charge is -2.08. The van der Waals surface area contributed by atoms with Gasteiger partial charge in [-0.1, -0.05) is 18.2 Å². The lowest BCUT2D eigenvalue weighted by Crippen LogP contribution is -1.95. The van der Waals surface area contributed by atoms with E-state index in [-0.39, 0.29) is 5.78 Å². The van der Waals surface area contributed by atoms with E-state index in [1.54, 1.807) is 6.08 Å². The molecule has 0 spiro atoms. The summed E-state index contributed by atoms with van der Waals surface area (Å²) in [7, 11) is 0. The van der Waals surface area contributed by atoms with Crippen molar-refractivity contribution in [3.05, 3.63) is 35.4 Å². The molecule has 0 radical (unpaired) electrons. The average Bonchev–Trinajstić information content (AvgIpc) is 2.19. The summed E-state index contributed by atoms with van der Waals surface area (Å²) in [6.07, 6.45) is 3.39. The number of ketones is 1. The summed E-state index contributed by atoms with van der Waals surface area (Å²) in [6, 6.07) is 5.83. The Balaban J connectivity index is 2.98. The molecule has 0 N–H and O–H groups in total. The summed E-state index contributed by atoms with van der Waals surface area (Å²) in [5.74, 6) is 0.930. The second-order valence-corrected chi connectivity index (χ2v) is 3.35. The van der Waals surface area contributed by atoms with Gasteiger partial charge in [-0.2, -0.15) is 0 Å². The molecule has 0 heterocycles. The van der Waals surface area contributed by atoms with Crippen LogP contribution in [0.3, 0.4) is 0 Å². The maximum atomic E-state index is 10.8. The fourth-order valence-corrected chi connectivity index (χ4v) is 1.33. The minimum Gasteiger partial charge on any atom is -0.494 e. The van der Waals surface area contributed by atoms with Crippen LogP contribution in [0.15, 0.2) is 24.3 Å². The Morgan fingerprint density at radius 3 is 2.80 bits per heavy atom. The van der Waals surface area contributed by atoms with Gasteiger partial charge in [-0.15, -0.1) is 0 Å². The third-order valence-corrected chi connectivity index (χ3v) is 2.12. The zero-order valence-electron chi connectivity index (χ0n) is 9.41. The van der Waals surface area contributed by atoms with Gasteiger partial charge >= 0.3 is 0 Å². The molecule has 1 rings (SSSR count). The molecule has 0 saturated heterocycles. The zero-order valence-corrected chi connectivity index (χ0v) is 9.41. The van der Waals surface area contributed by atoms with E-state index in [0.717, 1.165) is 16.9 Å². The molecule has 15 heavy (non-hydrogen) atoms. The fourth-order valence-electron chi connectivity index (χ4n) is 1.33. The number of rotatable bonds is 4. The Morgan fingerprint density at radius 1 is 1.47 bits per heavy atom. The van der Waals surface area contributed by atoms with Crippen LogP contribution in [-0.4, -0.2) is 12.4 Å². The Hall–Kier alpha value is -1.57. The minimum atomic E-state index is 0.0520. The van der Waals surface area contributed by atoms with Gasteiger partial charge in [-0.3, -0.25) is 4.79 Å². The van der Waals surface area contributed by atoms with Gasteiger partial charge in [-0.05, 0) is 44.0 Å². The fraction of sp³-hybridized carbons (Fsp3) is 0.308. The van der Waals surface area contributed by atoms with E-state index in [0.29, 0.717) is 6.61 Å². The van der Waals surface area contributed by atoms with Crippen molar-refractivity contribution >= 4 is 11.9 Å². The molecule has 0 aromatic heterocycles. The SMILES string of the molecule is CCOc1cccc(/C=C/C(C)=O)c1C. The molecular formula is C13H16O2. The summed E-state index contributed by atoms with van der Waals surface area (Å²) in [4.78, 5) is 10.8. The highest BCUT2D eigenvalue weighted by Gasteiger charge is 2.01. The Kier molecular flexibility index (Phi) is 4.10. The van der Waals surface area contributed by atoms with Gasteiger partial charge in [0.15, 0.2) is 5.78 Å². The topological polar surface area (TPSA) is 26.3 Å². The summed E-state index contributed by atoms with van der Waals surface area (Å²) < 4.78 is 5.47. The largest absolute Gasteiger partial charge is 0.494 e. The smallest absolute Gasteiger partial charge is 0.152 e. The molecule has 0 fully saturated rings. The van der Waals surface area contributed by atoms with Crippen LogP contribution >= 0.6 is 0 Å². The second kappa shape index (κ2) is 5.35. The Labute approximate surface area is 90.6 Å². The first-order chi connectivity index (χ1) is 7.15. The van der Waals surface area contributed by atoms with Crippen LogP contribution in [0.25, 0.3) is 6.08 Å². The van der Waals surface area contributed by atoms with E-state index in [2.05, 4.69) is 0 Å². The zero-order chi connectivity index (χ0) is 11.3. The summed E-state index contributed by atoms with van der Waals surface area (Å²) in [5, 5.41) is 0. The van der Waals surface area contributed by atoms with Gasteiger partial charge in [-0.25, -0.2) is 0 Å². The van der Waals surface area contributed by atoms with Gasteiger partial charge in [0.1, 0.15) is 5.75 Å². The lowest BCUT2D eigenvalue weighted by molar-refractivity contribution is -0.112. The van der Waals surface area contributed by atoms with E-state index in [1.807, 2.05) is 38.1 Å². The molecule has 2 nitrogen and oxygen atoms in total. The molecule has 1 aromatic carbocycles. The van der Waals surface area contributed by atoms with Crippen molar-refractivity contribution in [2.75, 3.05) is 6.61 Å². The first kappa shape index (κ1) is 11.5. The molecule has 0 amide bonds. The van der Waals surface area contributed by atoms with Gasteiger partial charge in [0.2, 0.25) is 0 Å². The number of benzene rings is 1. The quantitative estimate of drug-likeness (QED) is 0.705. The summed E-state index contributed by atoms with van der Waals surface area (Å²) in [5.41, 5.74) is 2.09. The van der Waals surface area contributed by atoms with Crippen molar-refractivity contribution in [2.24, 2.45) is 0 Å². The van der Waals surface area contributed by atoms with Crippen molar-refractivity contribution < 1.29 is 9.53 Å². The average molecular weight is 204 g/mol. The van der Waals surface area contributed by atoms with Crippen LogP contribution in [0.2, 0.25) is 0 Å². The third-order valence-electron chi connectivity index (χ3n) is 2.12. The van der Waals surface area contributed by atoms with Crippen molar-refractivity contribution in [2.45, 2.75) is 20.8 Å². The number of ether oxygens (including phenoxy) is 1. The molecule has 0 unspecified atom stereocenters. The van der Waals surface area contributed by atoms with Crippen LogP contribution in [0.1, 0.15) is 25.0 Å². The number of carbonyl (C=O) groups is 1. The lowest BCUT2D eigenvalue weighted by atomic mass is 10.1. The highest BCUT2D eigenvalue weighted by atomic mass is 16.5. The molecule has 1 aromatic rings. The van der Waals surface area contributed by atoms with Crippen LogP contribution in [0.5, 0.6) is 5.75 Å². The molecule has 0 bridgehead atoms. The first-order valence-corrected chi connectivity index (χ1v) is 5.06. The maximum Gasteiger partial charge on any atom is 0.152 e. The number of hydrogen-bond donors (Lipinski definition) is 0. The van der Waals surface area contributed by atoms with Gasteiger partial charge in [0.25, 0.3) is 0 Å². The van der Waals surface area contributed by atoms with E-state index in [9.17, 15) is 4.79 Å². The summed E-state index contributed by atoms with van der Waals surface area (Å²) >= 11 is 0. The molecule has 0 aliphatic rings. The molecule has 0 aliphatic carbocycles. The molecule has 0 saturated carbocycles. The molecular weight excluding hydrogens is 188 g/mol. The van der Waals surface area contributed by atoms with Crippen LogP contribution in [-0.2, 0) is 4.79 Å². The van der Waals surface area contributed by atoms with E-state index < -0.39 is 0 Å². The predicted octanol–water partition coefficient (Wildman–Crippen LogP) is 3.00. The number of hydrogen-bond acceptors (Lipinski definition) is 2. The maximum absolute atomic E-state index is 10.8. The molecule has 0 atom stereocenters. The van der Waals surface area contributed by atoms with Crippen LogP contribution in [0, 0.1) is 6.92 Å². The molecule has 2 heteroatoms. The number of allylic oxidation sites excluding steroid dienone is 1. The highest BCUT2D eigenvalue weighted by molar-refractivity contribution is 5.91. The van der Waals surface area contributed by atoms with Crippen molar-refractivity contribution in [3.63, 3.8) is 0 Å². The Bertz CT molecular complexity index is 378. The van der Waals surface area contributed by atoms with Crippen LogP contribution in [0.4, 0.5) is 0 Å².